The molecule has 1 aliphatic carbocycles. The summed E-state index contributed by atoms with van der Waals surface area (Å²) in [4.78, 5) is 0. The Labute approximate surface area is 168 Å². The zero-order chi connectivity index (χ0) is 20.9. The third-order valence-electron chi connectivity index (χ3n) is 4.83. The molecule has 2 aromatic carbocycles. The Morgan fingerprint density at radius 2 is 1.50 bits per heavy atom. The van der Waals surface area contributed by atoms with E-state index < -0.39 is 14.0 Å². The number of methoxy groups -OCH3 is 2. The number of hydrogen-bond donors (Lipinski definition) is 1. The first kappa shape index (κ1) is 22.3. The van der Waals surface area contributed by atoms with Crippen LogP contribution < -0.4 is 14.8 Å². The van der Waals surface area contributed by atoms with Crippen molar-refractivity contribution in [1.29, 1.82) is 0 Å². The molecule has 0 aliphatic heterocycles. The molecule has 0 bridgehead atoms. The van der Waals surface area contributed by atoms with Crippen LogP contribution in [-0.4, -0.2) is 14.2 Å². The normalized spacial score (nSPS) is 15.5. The minimum absolute atomic E-state index is 0.707. The van der Waals surface area contributed by atoms with Gasteiger partial charge in [0.25, 0.3) is 0 Å². The maximum absolute atomic E-state index is 5.35. The van der Waals surface area contributed by atoms with Gasteiger partial charge in [-0.05, 0) is 24.3 Å². The molecule has 152 valence electrons. The van der Waals surface area contributed by atoms with Crippen LogP contribution in [0.2, 0.25) is 26.1 Å². The molecular formula is C24H35NO2Ti. The number of anilines is 2. The number of hydrogen-bond acceptors (Lipinski definition) is 3. The summed E-state index contributed by atoms with van der Waals surface area (Å²) in [5, 5.41) is 15.7. The second-order valence-electron chi connectivity index (χ2n) is 11.1. The number of allylic oxidation sites excluding steroid dienone is 4. The van der Waals surface area contributed by atoms with E-state index in [1.54, 1.807) is 18.1 Å². The number of rotatable bonds is 5. The van der Waals surface area contributed by atoms with Gasteiger partial charge in [-0.25, -0.2) is 0 Å². The van der Waals surface area contributed by atoms with Gasteiger partial charge in [-0.3, -0.25) is 0 Å². The summed E-state index contributed by atoms with van der Waals surface area (Å²) in [6, 6.07) is 15.7. The third kappa shape index (κ3) is 6.29. The SMILES string of the molecule is COc1cccc(Nc2ccccc2)c1OC.[CH3][Ti]([CH3])([CH3])([CH3])([CH3])[C]1=CC=CC1. The van der Waals surface area contributed by atoms with E-state index in [4.69, 9.17) is 9.47 Å². The van der Waals surface area contributed by atoms with E-state index in [2.05, 4.69) is 49.7 Å². The van der Waals surface area contributed by atoms with E-state index >= 15 is 0 Å². The standard InChI is InChI=1S/C14H15NO2.C5H5.5CH3.Ti/c1-16-13-10-6-9-12(14(13)17-2)15-11-7-4-3-5-8-11;1-2-4-5-3-1;;;;;;/h3-10,15H,1-2H3;1-3H,4H2;5*1H3;. The van der Waals surface area contributed by atoms with Crippen LogP contribution in [0.15, 0.2) is 70.6 Å². The molecule has 4 heteroatoms. The molecule has 0 saturated carbocycles. The number of nitrogens with one attached hydrogen (secondary N) is 1. The van der Waals surface area contributed by atoms with E-state index in [0.29, 0.717) is 11.5 Å². The van der Waals surface area contributed by atoms with E-state index in [1.807, 2.05) is 48.5 Å². The van der Waals surface area contributed by atoms with Gasteiger partial charge in [0.1, 0.15) is 0 Å². The van der Waals surface area contributed by atoms with Crippen LogP contribution in [0.25, 0.3) is 0 Å². The molecule has 28 heavy (non-hydrogen) atoms. The van der Waals surface area contributed by atoms with Crippen LogP contribution in [0, 0.1) is 0 Å². The summed E-state index contributed by atoms with van der Waals surface area (Å²) in [5.41, 5.74) is 1.90. The Hall–Kier alpha value is -1.97. The Bertz CT molecular complexity index is 863. The zero-order valence-electron chi connectivity index (χ0n) is 18.4. The molecule has 1 N–H and O–H groups in total. The first-order valence-electron chi connectivity index (χ1n) is 9.85. The molecule has 0 heterocycles. The average molecular weight is 417 g/mol. The van der Waals surface area contributed by atoms with Crippen molar-refractivity contribution in [2.45, 2.75) is 32.6 Å². The molecule has 0 spiro atoms. The maximum atomic E-state index is 5.35. The van der Waals surface area contributed by atoms with Crippen molar-refractivity contribution in [1.82, 2.24) is 0 Å². The topological polar surface area (TPSA) is 30.5 Å². The molecule has 0 unspecified atom stereocenters. The van der Waals surface area contributed by atoms with Crippen LogP contribution >= 0.6 is 0 Å². The van der Waals surface area contributed by atoms with Crippen molar-refractivity contribution in [3.05, 3.63) is 70.6 Å². The van der Waals surface area contributed by atoms with Crippen molar-refractivity contribution in [3.63, 3.8) is 0 Å². The van der Waals surface area contributed by atoms with Crippen LogP contribution in [0.1, 0.15) is 6.42 Å². The fourth-order valence-corrected chi connectivity index (χ4v) is 6.27. The molecule has 0 atom stereocenters. The third-order valence-corrected chi connectivity index (χ3v) is 10.4. The molecule has 2 aromatic rings. The van der Waals surface area contributed by atoms with Gasteiger partial charge in [0.2, 0.25) is 0 Å². The predicted molar refractivity (Wildman–Crippen MR) is 120 cm³/mol. The summed E-state index contributed by atoms with van der Waals surface area (Å²) in [6.45, 7) is 0. The van der Waals surface area contributed by atoms with Crippen molar-refractivity contribution in [2.75, 3.05) is 19.5 Å². The molecule has 1 aliphatic rings. The monoisotopic (exact) mass is 417 g/mol. The minimum atomic E-state index is -2.61. The summed E-state index contributed by atoms with van der Waals surface area (Å²) in [5.74, 6) is 1.42. The molecular weight excluding hydrogens is 382 g/mol. The van der Waals surface area contributed by atoms with Gasteiger partial charge in [-0.2, -0.15) is 0 Å². The van der Waals surface area contributed by atoms with Crippen molar-refractivity contribution >= 4 is 11.4 Å². The van der Waals surface area contributed by atoms with E-state index in [0.717, 1.165) is 11.4 Å². The Morgan fingerprint density at radius 1 is 0.821 bits per heavy atom. The van der Waals surface area contributed by atoms with Gasteiger partial charge in [0.15, 0.2) is 11.5 Å². The van der Waals surface area contributed by atoms with Crippen LogP contribution in [-0.2, 0) is 14.0 Å². The van der Waals surface area contributed by atoms with Crippen LogP contribution in [0.5, 0.6) is 11.5 Å². The molecule has 0 radical (unpaired) electrons. The van der Waals surface area contributed by atoms with Gasteiger partial charge < -0.3 is 14.8 Å². The fraction of sp³-hybridized carbons (Fsp3) is 0.333. The van der Waals surface area contributed by atoms with Gasteiger partial charge in [0, 0.05) is 5.69 Å². The quantitative estimate of drug-likeness (QED) is 0.505. The summed E-state index contributed by atoms with van der Waals surface area (Å²) < 4.78 is 12.3. The van der Waals surface area contributed by atoms with Gasteiger partial charge in [-0.1, -0.05) is 24.3 Å². The Balaban J connectivity index is 0.000000221. The second-order valence-corrected chi connectivity index (χ2v) is 31.6. The second kappa shape index (κ2) is 7.81. The fourth-order valence-electron chi connectivity index (χ4n) is 3.04. The van der Waals surface area contributed by atoms with Crippen LogP contribution in [0.4, 0.5) is 11.4 Å². The molecule has 0 fully saturated rings. The van der Waals surface area contributed by atoms with Crippen molar-refractivity contribution in [2.24, 2.45) is 0 Å². The summed E-state index contributed by atoms with van der Waals surface area (Å²) in [6.07, 6.45) is 7.98. The number of benzene rings is 2. The van der Waals surface area contributed by atoms with Crippen LogP contribution in [0.3, 0.4) is 0 Å². The van der Waals surface area contributed by atoms with Gasteiger partial charge >= 0.3 is 68.7 Å². The summed E-state index contributed by atoms with van der Waals surface area (Å²) in [7, 11) is 3.26. The van der Waals surface area contributed by atoms with E-state index in [-0.39, 0.29) is 0 Å². The molecule has 0 saturated heterocycles. The molecule has 0 aromatic heterocycles. The van der Waals surface area contributed by atoms with Crippen molar-refractivity contribution < 1.29 is 23.5 Å². The average Bonchev–Trinajstić information content (AvgIpc) is 3.18. The zero-order valence-corrected chi connectivity index (χ0v) is 19.9. The Morgan fingerprint density at radius 3 is 1.96 bits per heavy atom. The van der Waals surface area contributed by atoms with Crippen molar-refractivity contribution in [3.8, 4) is 11.5 Å². The first-order valence-corrected chi connectivity index (χ1v) is 18.4. The van der Waals surface area contributed by atoms with E-state index in [1.165, 1.54) is 6.42 Å². The Kier molecular flexibility index (Phi) is 6.23. The predicted octanol–water partition coefficient (Wildman–Crippen LogP) is 7.74. The first-order chi connectivity index (χ1) is 12.9. The molecule has 0 amide bonds. The number of para-hydroxylation sites is 2. The van der Waals surface area contributed by atoms with Gasteiger partial charge in [0.05, 0.1) is 19.9 Å². The summed E-state index contributed by atoms with van der Waals surface area (Å²) >= 11 is -2.61. The van der Waals surface area contributed by atoms with Gasteiger partial charge in [-0.15, -0.1) is 0 Å². The molecule has 3 rings (SSSR count). The number of ether oxygens (including phenoxy) is 2. The molecule has 3 nitrogen and oxygen atoms in total. The van der Waals surface area contributed by atoms with E-state index in [9.17, 15) is 0 Å².